The minimum absolute atomic E-state index is 0.153. The molecule has 0 aliphatic heterocycles. The summed E-state index contributed by atoms with van der Waals surface area (Å²) < 4.78 is 57.2. The number of hydrogen-bond acceptors (Lipinski definition) is 6. The van der Waals surface area contributed by atoms with Gasteiger partial charge in [-0.05, 0) is 38.2 Å². The van der Waals surface area contributed by atoms with Gasteiger partial charge in [-0.2, -0.15) is 4.98 Å². The van der Waals surface area contributed by atoms with Crippen molar-refractivity contribution in [3.8, 4) is 0 Å². The SMILES string of the molecule is NC(=O)[C@H]1CC[C@@H](n2c(Nc3c(F)cc(F)cc3Cl)nc3cnc(N[C@@H]4CCC(F)(F)C4)nc32)CC1. The van der Waals surface area contributed by atoms with E-state index in [0.29, 0.717) is 49.3 Å². The lowest BCUT2D eigenvalue weighted by molar-refractivity contribution is -0.122. The maximum Gasteiger partial charge on any atom is 0.250 e. The quantitative estimate of drug-likeness (QED) is 0.376. The molecule has 1 aromatic carbocycles. The van der Waals surface area contributed by atoms with Crippen molar-refractivity contribution < 1.29 is 22.4 Å². The van der Waals surface area contributed by atoms with Gasteiger partial charge in [0.1, 0.15) is 11.3 Å². The highest BCUT2D eigenvalue weighted by Crippen LogP contribution is 2.39. The van der Waals surface area contributed by atoms with Gasteiger partial charge in [0, 0.05) is 36.9 Å². The highest BCUT2D eigenvalue weighted by atomic mass is 35.5. The third-order valence-electron chi connectivity index (χ3n) is 6.88. The van der Waals surface area contributed by atoms with Crippen LogP contribution >= 0.6 is 11.6 Å². The van der Waals surface area contributed by atoms with E-state index in [1.54, 1.807) is 4.57 Å². The second-order valence-corrected chi connectivity index (χ2v) is 9.83. The standard InChI is InChI=1S/C23H24ClF4N7O/c24-15-7-12(25)8-16(26)18(15)33-22-32-17-10-30-21(31-13-5-6-23(27,28)9-13)34-20(17)35(22)14-3-1-11(2-4-14)19(29)36/h7-8,10-11,13-14H,1-6,9H2,(H2,29,36)(H,32,33)(H,30,31,34)/t11-,13-,14+/m1/s1. The van der Waals surface area contributed by atoms with E-state index in [9.17, 15) is 22.4 Å². The van der Waals surface area contributed by atoms with Crippen LogP contribution in [0.5, 0.6) is 0 Å². The molecule has 0 radical (unpaired) electrons. The number of carbonyl (C=O) groups excluding carboxylic acids is 1. The summed E-state index contributed by atoms with van der Waals surface area (Å²) in [7, 11) is 0. The Morgan fingerprint density at radius 1 is 1.14 bits per heavy atom. The number of fused-ring (bicyclic) bond motifs is 1. The van der Waals surface area contributed by atoms with Crippen LogP contribution in [-0.4, -0.2) is 37.4 Å². The number of primary amides is 1. The first kappa shape index (κ1) is 24.5. The Hall–Kier alpha value is -3.15. The second-order valence-electron chi connectivity index (χ2n) is 9.43. The lowest BCUT2D eigenvalue weighted by Gasteiger charge is -2.29. The fraction of sp³-hybridized carbons (Fsp3) is 0.478. The van der Waals surface area contributed by atoms with Crippen LogP contribution in [0.2, 0.25) is 5.02 Å². The Bertz CT molecular complexity index is 1290. The predicted octanol–water partition coefficient (Wildman–Crippen LogP) is 5.32. The molecule has 2 fully saturated rings. The van der Waals surface area contributed by atoms with Crippen molar-refractivity contribution in [1.29, 1.82) is 0 Å². The Balaban J connectivity index is 1.52. The Morgan fingerprint density at radius 2 is 1.89 bits per heavy atom. The highest BCUT2D eigenvalue weighted by Gasteiger charge is 2.39. The van der Waals surface area contributed by atoms with Gasteiger partial charge in [0.2, 0.25) is 23.7 Å². The van der Waals surface area contributed by atoms with Crippen LogP contribution in [0, 0.1) is 17.6 Å². The van der Waals surface area contributed by atoms with Crippen molar-refractivity contribution in [3.05, 3.63) is 35.0 Å². The molecule has 36 heavy (non-hydrogen) atoms. The third-order valence-corrected chi connectivity index (χ3v) is 7.18. The third kappa shape index (κ3) is 4.91. The topological polar surface area (TPSA) is 111 Å². The molecule has 1 amide bonds. The average Bonchev–Trinajstić information content (AvgIpc) is 3.34. The van der Waals surface area contributed by atoms with Crippen LogP contribution in [0.3, 0.4) is 0 Å². The minimum atomic E-state index is -2.72. The molecule has 5 rings (SSSR count). The van der Waals surface area contributed by atoms with Gasteiger partial charge in [-0.3, -0.25) is 9.36 Å². The molecule has 0 unspecified atom stereocenters. The molecule has 2 aliphatic rings. The van der Waals surface area contributed by atoms with Crippen molar-refractivity contribution in [2.24, 2.45) is 11.7 Å². The van der Waals surface area contributed by atoms with Crippen LogP contribution in [0.15, 0.2) is 18.3 Å². The molecule has 2 heterocycles. The maximum absolute atomic E-state index is 14.5. The molecule has 8 nitrogen and oxygen atoms in total. The van der Waals surface area contributed by atoms with E-state index in [1.807, 2.05) is 0 Å². The monoisotopic (exact) mass is 525 g/mol. The van der Waals surface area contributed by atoms with Crippen LogP contribution < -0.4 is 16.4 Å². The summed E-state index contributed by atoms with van der Waals surface area (Å²) >= 11 is 6.09. The van der Waals surface area contributed by atoms with Gasteiger partial charge >= 0.3 is 0 Å². The Morgan fingerprint density at radius 3 is 2.53 bits per heavy atom. The summed E-state index contributed by atoms with van der Waals surface area (Å²) in [6, 6.07) is 1.05. The summed E-state index contributed by atoms with van der Waals surface area (Å²) in [4.78, 5) is 24.9. The molecule has 0 spiro atoms. The first-order valence-corrected chi connectivity index (χ1v) is 12.1. The van der Waals surface area contributed by atoms with Gasteiger partial charge in [-0.15, -0.1) is 0 Å². The van der Waals surface area contributed by atoms with Crippen LogP contribution in [-0.2, 0) is 4.79 Å². The Kier molecular flexibility index (Phi) is 6.39. The van der Waals surface area contributed by atoms with Gasteiger partial charge in [-0.25, -0.2) is 27.5 Å². The van der Waals surface area contributed by atoms with Gasteiger partial charge in [0.15, 0.2) is 11.5 Å². The number of benzene rings is 1. The number of nitrogens with zero attached hydrogens (tertiary/aromatic N) is 4. The average molecular weight is 526 g/mol. The number of nitrogens with one attached hydrogen (secondary N) is 2. The van der Waals surface area contributed by atoms with Crippen molar-refractivity contribution in [2.45, 2.75) is 63.0 Å². The van der Waals surface area contributed by atoms with E-state index < -0.39 is 23.6 Å². The number of nitrogens with two attached hydrogens (primary N) is 1. The molecule has 2 aliphatic carbocycles. The van der Waals surface area contributed by atoms with Crippen LogP contribution in [0.25, 0.3) is 11.2 Å². The van der Waals surface area contributed by atoms with E-state index in [4.69, 9.17) is 17.3 Å². The van der Waals surface area contributed by atoms with E-state index in [2.05, 4.69) is 25.6 Å². The zero-order valence-electron chi connectivity index (χ0n) is 19.1. The largest absolute Gasteiger partial charge is 0.369 e. The first-order valence-electron chi connectivity index (χ1n) is 11.7. The number of anilines is 3. The normalized spacial score (nSPS) is 23.6. The predicted molar refractivity (Wildman–Crippen MR) is 126 cm³/mol. The highest BCUT2D eigenvalue weighted by molar-refractivity contribution is 6.33. The molecule has 0 saturated heterocycles. The summed E-state index contributed by atoms with van der Waals surface area (Å²) in [5, 5.41) is 5.67. The van der Waals surface area contributed by atoms with Crippen molar-refractivity contribution in [3.63, 3.8) is 0 Å². The van der Waals surface area contributed by atoms with Crippen LogP contribution in [0.1, 0.15) is 51.0 Å². The number of imidazole rings is 1. The van der Waals surface area contributed by atoms with E-state index >= 15 is 0 Å². The molecular weight excluding hydrogens is 502 g/mol. The number of aromatic nitrogens is 4. The number of alkyl halides is 2. The van der Waals surface area contributed by atoms with Gasteiger partial charge in [0.05, 0.1) is 16.9 Å². The number of carbonyl (C=O) groups is 1. The molecular formula is C23H24ClF4N7O. The zero-order valence-corrected chi connectivity index (χ0v) is 19.8. The van der Waals surface area contributed by atoms with Crippen molar-refractivity contribution in [1.82, 2.24) is 19.5 Å². The smallest absolute Gasteiger partial charge is 0.250 e. The fourth-order valence-electron chi connectivity index (χ4n) is 5.04. The second kappa shape index (κ2) is 9.38. The molecule has 3 aromatic rings. The zero-order chi connectivity index (χ0) is 25.6. The Labute approximate surface area is 208 Å². The summed E-state index contributed by atoms with van der Waals surface area (Å²) in [6.45, 7) is 0. The molecule has 1 atom stereocenters. The maximum atomic E-state index is 14.5. The number of rotatable bonds is 6. The number of halogens is 5. The first-order chi connectivity index (χ1) is 17.1. The van der Waals surface area contributed by atoms with Gasteiger partial charge in [-0.1, -0.05) is 11.6 Å². The van der Waals surface area contributed by atoms with E-state index in [-0.39, 0.29) is 53.3 Å². The molecule has 2 aromatic heterocycles. The summed E-state index contributed by atoms with van der Waals surface area (Å²) in [5.74, 6) is -4.66. The molecule has 192 valence electrons. The number of hydrogen-bond donors (Lipinski definition) is 3. The van der Waals surface area contributed by atoms with E-state index in [0.717, 1.165) is 6.07 Å². The van der Waals surface area contributed by atoms with E-state index in [1.165, 1.54) is 6.20 Å². The lowest BCUT2D eigenvalue weighted by atomic mass is 9.85. The van der Waals surface area contributed by atoms with Crippen molar-refractivity contribution in [2.75, 3.05) is 10.6 Å². The van der Waals surface area contributed by atoms with Crippen molar-refractivity contribution >= 4 is 46.3 Å². The summed E-state index contributed by atoms with van der Waals surface area (Å²) in [5.41, 5.74) is 6.11. The molecule has 0 bridgehead atoms. The molecule has 13 heteroatoms. The number of amides is 1. The summed E-state index contributed by atoms with van der Waals surface area (Å²) in [6.07, 6.45) is 3.50. The van der Waals surface area contributed by atoms with Crippen LogP contribution in [0.4, 0.5) is 35.1 Å². The van der Waals surface area contributed by atoms with Gasteiger partial charge in [0.25, 0.3) is 0 Å². The van der Waals surface area contributed by atoms with Gasteiger partial charge < -0.3 is 16.4 Å². The molecule has 2 saturated carbocycles. The fourth-order valence-corrected chi connectivity index (χ4v) is 5.28. The lowest BCUT2D eigenvalue weighted by Crippen LogP contribution is -2.29. The molecule has 4 N–H and O–H groups in total. The minimum Gasteiger partial charge on any atom is -0.369 e.